The molecule has 1 aliphatic rings. The lowest BCUT2D eigenvalue weighted by molar-refractivity contribution is -0.132. The van der Waals surface area contributed by atoms with Gasteiger partial charge in [0.05, 0.1) is 12.8 Å². The Morgan fingerprint density at radius 3 is 2.48 bits per heavy atom. The highest BCUT2D eigenvalue weighted by Crippen LogP contribution is 2.31. The lowest BCUT2D eigenvalue weighted by atomic mass is 9.79. The third kappa shape index (κ3) is 4.37. The van der Waals surface area contributed by atoms with E-state index in [0.717, 1.165) is 32.5 Å². The summed E-state index contributed by atoms with van der Waals surface area (Å²) in [5.74, 6) is 0.0263. The molecule has 0 unspecified atom stereocenters. The summed E-state index contributed by atoms with van der Waals surface area (Å²) in [6.07, 6.45) is 3.04. The predicted octanol–water partition coefficient (Wildman–Crippen LogP) is 2.88. The van der Waals surface area contributed by atoms with Gasteiger partial charge in [-0.3, -0.25) is 14.5 Å². The number of nitrogens with one attached hydrogen (secondary N) is 1. The number of likely N-dealkylation sites (tertiary alicyclic amines) is 1. The number of piperidine rings is 1. The van der Waals surface area contributed by atoms with E-state index in [9.17, 15) is 9.59 Å². The van der Waals surface area contributed by atoms with Crippen LogP contribution in [0.25, 0.3) is 0 Å². The van der Waals surface area contributed by atoms with Crippen molar-refractivity contribution in [2.75, 3.05) is 19.6 Å². The zero-order valence-corrected chi connectivity index (χ0v) is 14.5. The third-order valence-electron chi connectivity index (χ3n) is 4.96. The monoisotopic (exact) mass is 340 g/mol. The van der Waals surface area contributed by atoms with Crippen LogP contribution in [0.1, 0.15) is 35.9 Å². The molecule has 0 bridgehead atoms. The van der Waals surface area contributed by atoms with E-state index >= 15 is 0 Å². The van der Waals surface area contributed by atoms with Crippen LogP contribution in [0, 0.1) is 5.41 Å². The molecule has 5 heteroatoms. The van der Waals surface area contributed by atoms with Crippen LogP contribution in [0.15, 0.2) is 53.1 Å². The summed E-state index contributed by atoms with van der Waals surface area (Å²) in [5, 5.41) is 2.78. The molecular formula is C20H24N2O3. The minimum absolute atomic E-state index is 0.0182. The lowest BCUT2D eigenvalue weighted by Crippen LogP contribution is -2.48. The molecule has 2 aromatic rings. The van der Waals surface area contributed by atoms with Crippen LogP contribution >= 0.6 is 0 Å². The number of rotatable bonds is 6. The van der Waals surface area contributed by atoms with Crippen molar-refractivity contribution in [1.29, 1.82) is 0 Å². The summed E-state index contributed by atoms with van der Waals surface area (Å²) >= 11 is 0. The Balaban J connectivity index is 1.48. The number of Topliss-reactive ketones (excluding diaryl/α,β-unsaturated/α-hetero) is 1. The smallest absolute Gasteiger partial charge is 0.226 e. The quantitative estimate of drug-likeness (QED) is 0.822. The molecule has 5 nitrogen and oxygen atoms in total. The molecule has 3 rings (SSSR count). The fourth-order valence-electron chi connectivity index (χ4n) is 3.17. The van der Waals surface area contributed by atoms with Gasteiger partial charge < -0.3 is 9.73 Å². The van der Waals surface area contributed by atoms with Crippen LogP contribution in [-0.2, 0) is 11.3 Å². The van der Waals surface area contributed by atoms with Gasteiger partial charge in [-0.15, -0.1) is 0 Å². The minimum Gasteiger partial charge on any atom is -0.461 e. The van der Waals surface area contributed by atoms with Gasteiger partial charge in [0.1, 0.15) is 0 Å². The Hall–Kier alpha value is -2.40. The Bertz CT molecular complexity index is 702. The highest BCUT2D eigenvalue weighted by Gasteiger charge is 2.36. The SMILES string of the molecule is CC1(C(=O)NCC(=O)c2ccco2)CCN(Cc2ccccc2)CC1. The molecule has 0 atom stereocenters. The van der Waals surface area contributed by atoms with Crippen LogP contribution in [0.5, 0.6) is 0 Å². The molecule has 2 heterocycles. The third-order valence-corrected chi connectivity index (χ3v) is 4.96. The van der Waals surface area contributed by atoms with Gasteiger partial charge in [0, 0.05) is 12.0 Å². The van der Waals surface area contributed by atoms with Gasteiger partial charge >= 0.3 is 0 Å². The summed E-state index contributed by atoms with van der Waals surface area (Å²) in [7, 11) is 0. The first-order valence-electron chi connectivity index (χ1n) is 8.68. The van der Waals surface area contributed by atoms with E-state index in [1.807, 2.05) is 25.1 Å². The van der Waals surface area contributed by atoms with E-state index in [-0.39, 0.29) is 24.0 Å². The Kier molecular flexibility index (Phi) is 5.34. The van der Waals surface area contributed by atoms with E-state index in [2.05, 4.69) is 22.3 Å². The van der Waals surface area contributed by atoms with Crippen molar-refractivity contribution >= 4 is 11.7 Å². The zero-order chi connectivity index (χ0) is 17.7. The normalized spacial score (nSPS) is 17.2. The summed E-state index contributed by atoms with van der Waals surface area (Å²) in [4.78, 5) is 26.9. The van der Waals surface area contributed by atoms with Crippen molar-refractivity contribution in [1.82, 2.24) is 10.2 Å². The fraction of sp³-hybridized carbons (Fsp3) is 0.400. The van der Waals surface area contributed by atoms with Gasteiger partial charge in [-0.25, -0.2) is 0 Å². The molecule has 0 saturated carbocycles. The molecule has 1 fully saturated rings. The van der Waals surface area contributed by atoms with Crippen LogP contribution in [0.2, 0.25) is 0 Å². The molecule has 132 valence electrons. The van der Waals surface area contributed by atoms with E-state index in [4.69, 9.17) is 4.42 Å². The van der Waals surface area contributed by atoms with E-state index in [1.165, 1.54) is 11.8 Å². The fourth-order valence-corrected chi connectivity index (χ4v) is 3.17. The molecule has 0 spiro atoms. The number of ketones is 1. The predicted molar refractivity (Wildman–Crippen MR) is 95.1 cm³/mol. The number of carbonyl (C=O) groups excluding carboxylic acids is 2. The number of nitrogens with zero attached hydrogens (tertiary/aromatic N) is 1. The summed E-state index contributed by atoms with van der Waals surface area (Å²) in [6.45, 7) is 4.64. The first-order valence-corrected chi connectivity index (χ1v) is 8.68. The van der Waals surface area contributed by atoms with Crippen molar-refractivity contribution in [3.05, 3.63) is 60.1 Å². The van der Waals surface area contributed by atoms with E-state index < -0.39 is 5.41 Å². The number of hydrogen-bond donors (Lipinski definition) is 1. The van der Waals surface area contributed by atoms with Crippen LogP contribution in [0.4, 0.5) is 0 Å². The number of hydrogen-bond acceptors (Lipinski definition) is 4. The molecular weight excluding hydrogens is 316 g/mol. The minimum atomic E-state index is -0.420. The second kappa shape index (κ2) is 7.66. The van der Waals surface area contributed by atoms with Crippen molar-refractivity contribution in [2.45, 2.75) is 26.3 Å². The molecule has 1 aromatic carbocycles. The number of furan rings is 1. The molecule has 1 aliphatic heterocycles. The zero-order valence-electron chi connectivity index (χ0n) is 14.5. The second-order valence-corrected chi connectivity index (χ2v) is 6.91. The van der Waals surface area contributed by atoms with Crippen molar-refractivity contribution < 1.29 is 14.0 Å². The second-order valence-electron chi connectivity index (χ2n) is 6.91. The first kappa shape index (κ1) is 17.4. The molecule has 0 radical (unpaired) electrons. The number of benzene rings is 1. The van der Waals surface area contributed by atoms with Crippen molar-refractivity contribution in [2.24, 2.45) is 5.41 Å². The molecule has 1 N–H and O–H groups in total. The standard InChI is InChI=1S/C20H24N2O3/c1-20(19(24)21-14-17(23)18-8-5-13-25-18)9-11-22(12-10-20)15-16-6-3-2-4-7-16/h2-8,13H,9-12,14-15H2,1H3,(H,21,24). The Morgan fingerprint density at radius 1 is 1.12 bits per heavy atom. The van der Waals surface area contributed by atoms with Gasteiger partial charge in [0.25, 0.3) is 0 Å². The maximum Gasteiger partial charge on any atom is 0.226 e. The van der Waals surface area contributed by atoms with E-state index in [0.29, 0.717) is 0 Å². The van der Waals surface area contributed by atoms with Crippen LogP contribution < -0.4 is 5.32 Å². The van der Waals surface area contributed by atoms with Gasteiger partial charge in [-0.1, -0.05) is 37.3 Å². The van der Waals surface area contributed by atoms with Crippen molar-refractivity contribution in [3.63, 3.8) is 0 Å². The first-order chi connectivity index (χ1) is 12.1. The largest absolute Gasteiger partial charge is 0.461 e. The Labute approximate surface area is 148 Å². The molecule has 1 saturated heterocycles. The molecule has 0 aliphatic carbocycles. The summed E-state index contributed by atoms with van der Waals surface area (Å²) in [5.41, 5.74) is 0.871. The summed E-state index contributed by atoms with van der Waals surface area (Å²) in [6, 6.07) is 13.6. The maximum absolute atomic E-state index is 12.5. The highest BCUT2D eigenvalue weighted by molar-refractivity contribution is 5.97. The van der Waals surface area contributed by atoms with Crippen LogP contribution in [-0.4, -0.2) is 36.2 Å². The average Bonchev–Trinajstić information content (AvgIpc) is 3.17. The van der Waals surface area contributed by atoms with Gasteiger partial charge in [-0.2, -0.15) is 0 Å². The van der Waals surface area contributed by atoms with Gasteiger partial charge in [0.15, 0.2) is 5.76 Å². The lowest BCUT2D eigenvalue weighted by Gasteiger charge is -2.38. The average molecular weight is 340 g/mol. The van der Waals surface area contributed by atoms with Crippen molar-refractivity contribution in [3.8, 4) is 0 Å². The summed E-state index contributed by atoms with van der Waals surface area (Å²) < 4.78 is 5.06. The molecule has 1 amide bonds. The van der Waals surface area contributed by atoms with E-state index in [1.54, 1.807) is 12.1 Å². The topological polar surface area (TPSA) is 62.6 Å². The van der Waals surface area contributed by atoms with Gasteiger partial charge in [-0.05, 0) is 43.6 Å². The van der Waals surface area contributed by atoms with Gasteiger partial charge in [0.2, 0.25) is 11.7 Å². The molecule has 25 heavy (non-hydrogen) atoms. The van der Waals surface area contributed by atoms with Crippen LogP contribution in [0.3, 0.4) is 0 Å². The Morgan fingerprint density at radius 2 is 1.84 bits per heavy atom. The maximum atomic E-state index is 12.5. The number of carbonyl (C=O) groups is 2. The molecule has 1 aromatic heterocycles. The number of amides is 1. The highest BCUT2D eigenvalue weighted by atomic mass is 16.3.